The fraction of sp³-hybridized carbons (Fsp3) is 0.176. The predicted octanol–water partition coefficient (Wildman–Crippen LogP) is 3.18. The summed E-state index contributed by atoms with van der Waals surface area (Å²) in [5, 5.41) is 4.98. The molecule has 7 heteroatoms. The number of nitrogen functional groups attached to an aromatic ring is 1. The molecule has 122 valence electrons. The summed E-state index contributed by atoms with van der Waals surface area (Å²) >= 11 is 6.30. The Morgan fingerprint density at radius 1 is 1.12 bits per heavy atom. The van der Waals surface area contributed by atoms with E-state index < -0.39 is 0 Å². The lowest BCUT2D eigenvalue weighted by Crippen LogP contribution is -2.24. The molecule has 0 saturated carbocycles. The average molecular weight is 342 g/mol. The van der Waals surface area contributed by atoms with E-state index in [9.17, 15) is 4.79 Å². The molecular weight excluding hydrogens is 326 g/mol. The highest BCUT2D eigenvalue weighted by molar-refractivity contribution is 6.33. The van der Waals surface area contributed by atoms with E-state index in [1.807, 2.05) is 32.0 Å². The Kier molecular flexibility index (Phi) is 4.31. The molecule has 0 amide bonds. The molecule has 0 atom stereocenters. The van der Waals surface area contributed by atoms with Gasteiger partial charge in [0.1, 0.15) is 0 Å². The van der Waals surface area contributed by atoms with Crippen molar-refractivity contribution in [1.82, 2.24) is 19.7 Å². The molecule has 1 aromatic carbocycles. The molecule has 0 radical (unpaired) electrons. The number of aromatic nitrogens is 4. The molecule has 0 aliphatic rings. The van der Waals surface area contributed by atoms with Crippen LogP contribution in [0.1, 0.15) is 19.9 Å². The van der Waals surface area contributed by atoms with E-state index in [1.165, 1.54) is 10.7 Å². The SMILES string of the molecule is CC(C)n1nc(-c2cnc(N)nc2-c2ccccc2Cl)ccc1=O. The first-order valence-electron chi connectivity index (χ1n) is 7.45. The van der Waals surface area contributed by atoms with Crippen LogP contribution in [0.3, 0.4) is 0 Å². The highest BCUT2D eigenvalue weighted by atomic mass is 35.5. The maximum atomic E-state index is 11.9. The summed E-state index contributed by atoms with van der Waals surface area (Å²) in [4.78, 5) is 20.3. The molecule has 3 rings (SSSR count). The topological polar surface area (TPSA) is 86.7 Å². The number of nitrogens with zero attached hydrogens (tertiary/aromatic N) is 4. The van der Waals surface area contributed by atoms with Crippen molar-refractivity contribution in [3.63, 3.8) is 0 Å². The van der Waals surface area contributed by atoms with Gasteiger partial charge in [-0.05, 0) is 26.0 Å². The monoisotopic (exact) mass is 341 g/mol. The number of nitrogens with two attached hydrogens (primary N) is 1. The van der Waals surface area contributed by atoms with Gasteiger partial charge in [-0.15, -0.1) is 0 Å². The largest absolute Gasteiger partial charge is 0.368 e. The van der Waals surface area contributed by atoms with Crippen LogP contribution in [-0.2, 0) is 0 Å². The second kappa shape index (κ2) is 6.41. The van der Waals surface area contributed by atoms with Gasteiger partial charge in [0.25, 0.3) is 5.56 Å². The number of benzene rings is 1. The van der Waals surface area contributed by atoms with Crippen molar-refractivity contribution >= 4 is 17.5 Å². The third kappa shape index (κ3) is 3.00. The molecular formula is C17H16ClN5O. The Labute approximate surface area is 144 Å². The number of hydrogen-bond acceptors (Lipinski definition) is 5. The third-order valence-corrected chi connectivity index (χ3v) is 3.86. The smallest absolute Gasteiger partial charge is 0.267 e. The van der Waals surface area contributed by atoms with Gasteiger partial charge in [0.05, 0.1) is 17.4 Å². The molecule has 0 aliphatic carbocycles. The van der Waals surface area contributed by atoms with E-state index in [0.717, 1.165) is 5.56 Å². The van der Waals surface area contributed by atoms with Crippen LogP contribution >= 0.6 is 11.6 Å². The Morgan fingerprint density at radius 2 is 1.88 bits per heavy atom. The molecule has 0 spiro atoms. The van der Waals surface area contributed by atoms with Gasteiger partial charge in [0.15, 0.2) is 0 Å². The molecule has 3 aromatic rings. The van der Waals surface area contributed by atoms with Gasteiger partial charge in [-0.2, -0.15) is 5.10 Å². The number of rotatable bonds is 3. The summed E-state index contributed by atoms with van der Waals surface area (Å²) in [5.74, 6) is 0.144. The highest BCUT2D eigenvalue weighted by Crippen LogP contribution is 2.33. The molecule has 2 aromatic heterocycles. The maximum Gasteiger partial charge on any atom is 0.267 e. The highest BCUT2D eigenvalue weighted by Gasteiger charge is 2.15. The van der Waals surface area contributed by atoms with Gasteiger partial charge in [0, 0.05) is 28.4 Å². The normalized spacial score (nSPS) is 11.0. The van der Waals surface area contributed by atoms with Gasteiger partial charge in [0.2, 0.25) is 5.95 Å². The Bertz CT molecular complexity index is 952. The minimum absolute atomic E-state index is 0.0593. The van der Waals surface area contributed by atoms with Crippen molar-refractivity contribution in [3.8, 4) is 22.5 Å². The first-order chi connectivity index (χ1) is 11.5. The molecule has 0 unspecified atom stereocenters. The molecule has 0 fully saturated rings. The number of anilines is 1. The van der Waals surface area contributed by atoms with Crippen LogP contribution in [-0.4, -0.2) is 19.7 Å². The van der Waals surface area contributed by atoms with E-state index in [4.69, 9.17) is 17.3 Å². The minimum atomic E-state index is -0.163. The lowest BCUT2D eigenvalue weighted by molar-refractivity contribution is 0.505. The van der Waals surface area contributed by atoms with Crippen LogP contribution in [0.15, 0.2) is 47.4 Å². The van der Waals surface area contributed by atoms with Crippen molar-refractivity contribution in [3.05, 3.63) is 58.0 Å². The zero-order valence-electron chi connectivity index (χ0n) is 13.3. The van der Waals surface area contributed by atoms with Crippen LogP contribution in [0.2, 0.25) is 5.02 Å². The van der Waals surface area contributed by atoms with Crippen LogP contribution in [0, 0.1) is 0 Å². The summed E-state index contributed by atoms with van der Waals surface area (Å²) in [6, 6.07) is 10.4. The van der Waals surface area contributed by atoms with Gasteiger partial charge < -0.3 is 5.73 Å². The molecule has 24 heavy (non-hydrogen) atoms. The minimum Gasteiger partial charge on any atom is -0.368 e. The fourth-order valence-electron chi connectivity index (χ4n) is 2.38. The van der Waals surface area contributed by atoms with Crippen LogP contribution < -0.4 is 11.3 Å². The van der Waals surface area contributed by atoms with Crippen molar-refractivity contribution in [2.75, 3.05) is 5.73 Å². The lowest BCUT2D eigenvalue weighted by Gasteiger charge is -2.13. The molecule has 2 heterocycles. The van der Waals surface area contributed by atoms with Crippen molar-refractivity contribution in [2.45, 2.75) is 19.9 Å². The molecule has 0 aliphatic heterocycles. The van der Waals surface area contributed by atoms with Crippen molar-refractivity contribution in [1.29, 1.82) is 0 Å². The summed E-state index contributed by atoms with van der Waals surface area (Å²) in [5.41, 5.74) is 8.14. The quantitative estimate of drug-likeness (QED) is 0.790. The van der Waals surface area contributed by atoms with Gasteiger partial charge in [-0.25, -0.2) is 14.6 Å². The first kappa shape index (κ1) is 16.1. The molecule has 2 N–H and O–H groups in total. The van der Waals surface area contributed by atoms with Crippen molar-refractivity contribution in [2.24, 2.45) is 0 Å². The first-order valence-corrected chi connectivity index (χ1v) is 7.83. The zero-order chi connectivity index (χ0) is 17.3. The standard InChI is InChI=1S/C17H16ClN5O/c1-10(2)23-15(24)8-7-14(22-23)12-9-20-17(19)21-16(12)11-5-3-4-6-13(11)18/h3-10H,1-2H3,(H2,19,20,21). The van der Waals surface area contributed by atoms with Crippen molar-refractivity contribution < 1.29 is 0 Å². The Balaban J connectivity index is 2.25. The molecule has 0 saturated heterocycles. The summed E-state index contributed by atoms with van der Waals surface area (Å²) in [6.07, 6.45) is 1.60. The summed E-state index contributed by atoms with van der Waals surface area (Å²) in [6.45, 7) is 3.79. The average Bonchev–Trinajstić information content (AvgIpc) is 2.55. The van der Waals surface area contributed by atoms with E-state index in [-0.39, 0.29) is 17.5 Å². The fourth-order valence-corrected chi connectivity index (χ4v) is 2.61. The van der Waals surface area contributed by atoms with Crippen LogP contribution in [0.25, 0.3) is 22.5 Å². The number of hydrogen-bond donors (Lipinski definition) is 1. The lowest BCUT2D eigenvalue weighted by atomic mass is 10.0. The third-order valence-electron chi connectivity index (χ3n) is 3.53. The van der Waals surface area contributed by atoms with E-state index in [2.05, 4.69) is 15.1 Å². The maximum absolute atomic E-state index is 11.9. The van der Waals surface area contributed by atoms with E-state index in [0.29, 0.717) is 22.0 Å². The number of halogens is 1. The van der Waals surface area contributed by atoms with Gasteiger partial charge >= 0.3 is 0 Å². The Morgan fingerprint density at radius 3 is 2.58 bits per heavy atom. The van der Waals surface area contributed by atoms with Gasteiger partial charge in [-0.1, -0.05) is 29.8 Å². The second-order valence-corrected chi connectivity index (χ2v) is 5.97. The van der Waals surface area contributed by atoms with Crippen LogP contribution in [0.4, 0.5) is 5.95 Å². The van der Waals surface area contributed by atoms with E-state index >= 15 is 0 Å². The zero-order valence-corrected chi connectivity index (χ0v) is 14.0. The Hall–Kier alpha value is -2.73. The van der Waals surface area contributed by atoms with Gasteiger partial charge in [-0.3, -0.25) is 4.79 Å². The second-order valence-electron chi connectivity index (χ2n) is 5.57. The molecule has 0 bridgehead atoms. The molecule has 6 nitrogen and oxygen atoms in total. The summed E-state index contributed by atoms with van der Waals surface area (Å²) in [7, 11) is 0. The van der Waals surface area contributed by atoms with E-state index in [1.54, 1.807) is 18.3 Å². The van der Waals surface area contributed by atoms with Crippen LogP contribution in [0.5, 0.6) is 0 Å². The summed E-state index contributed by atoms with van der Waals surface area (Å²) < 4.78 is 1.42. The predicted molar refractivity (Wildman–Crippen MR) is 94.8 cm³/mol.